The van der Waals surface area contributed by atoms with Gasteiger partial charge in [0.15, 0.2) is 0 Å². The van der Waals surface area contributed by atoms with E-state index in [4.69, 9.17) is 9.47 Å². The highest BCUT2D eigenvalue weighted by molar-refractivity contribution is 5.99. The smallest absolute Gasteiger partial charge is 0.416 e. The molecule has 9 nitrogen and oxygen atoms in total. The number of nitrogens with zero attached hydrogens (tertiary/aromatic N) is 4. The van der Waals surface area contributed by atoms with Crippen LogP contribution in [0.15, 0.2) is 54.9 Å². The van der Waals surface area contributed by atoms with E-state index in [1.54, 1.807) is 37.4 Å². The van der Waals surface area contributed by atoms with Crippen LogP contribution in [-0.2, 0) is 10.9 Å². The van der Waals surface area contributed by atoms with E-state index in [1.165, 1.54) is 25.4 Å². The molecule has 1 aliphatic heterocycles. The van der Waals surface area contributed by atoms with Crippen LogP contribution in [0.5, 0.6) is 11.6 Å². The lowest BCUT2D eigenvalue weighted by molar-refractivity contribution is -0.138. The molecule has 2 N–H and O–H groups in total. The predicted molar refractivity (Wildman–Crippen MR) is 138 cm³/mol. The van der Waals surface area contributed by atoms with Gasteiger partial charge in [0, 0.05) is 57.3 Å². The number of ether oxygens (including phenoxy) is 2. The molecule has 202 valence electrons. The molecule has 0 unspecified atom stereocenters. The second-order valence-electron chi connectivity index (χ2n) is 8.77. The van der Waals surface area contributed by atoms with Gasteiger partial charge in [-0.2, -0.15) is 13.2 Å². The van der Waals surface area contributed by atoms with Crippen molar-refractivity contribution in [3.63, 3.8) is 0 Å². The maximum atomic E-state index is 13.1. The maximum Gasteiger partial charge on any atom is 0.416 e. The zero-order valence-electron chi connectivity index (χ0n) is 21.1. The number of hydrogen-bond donors (Lipinski definition) is 2. The van der Waals surface area contributed by atoms with E-state index in [0.717, 1.165) is 44.6 Å². The molecule has 12 heteroatoms. The average Bonchev–Trinajstić information content (AvgIpc) is 2.89. The number of anilines is 3. The Hall–Kier alpha value is -3.90. The number of hydrogen-bond acceptors (Lipinski definition) is 7. The highest BCUT2D eigenvalue weighted by Gasteiger charge is 2.32. The number of amides is 2. The number of piperazine rings is 1. The Morgan fingerprint density at radius 1 is 0.974 bits per heavy atom. The van der Waals surface area contributed by atoms with Gasteiger partial charge in [-0.1, -0.05) is 6.07 Å². The molecule has 38 heavy (non-hydrogen) atoms. The fourth-order valence-corrected chi connectivity index (χ4v) is 4.01. The maximum absolute atomic E-state index is 13.1. The Labute approximate surface area is 218 Å². The SMILES string of the molecule is COCCN1CCN(c2cc(Oc3ccc(NC(=O)Nc4ccc(C)c(C(F)(F)F)c4)cc3)ncn2)CC1. The molecule has 2 heterocycles. The van der Waals surface area contributed by atoms with Gasteiger partial charge in [0.1, 0.15) is 17.9 Å². The van der Waals surface area contributed by atoms with Gasteiger partial charge in [-0.15, -0.1) is 0 Å². The van der Waals surface area contributed by atoms with Crippen molar-refractivity contribution < 1.29 is 27.4 Å². The summed E-state index contributed by atoms with van der Waals surface area (Å²) in [4.78, 5) is 25.4. The van der Waals surface area contributed by atoms with E-state index in [-0.39, 0.29) is 11.3 Å². The number of carbonyl (C=O) groups is 1. The second-order valence-corrected chi connectivity index (χ2v) is 8.77. The first-order valence-electron chi connectivity index (χ1n) is 12.0. The highest BCUT2D eigenvalue weighted by atomic mass is 19.4. The Morgan fingerprint density at radius 2 is 1.66 bits per heavy atom. The summed E-state index contributed by atoms with van der Waals surface area (Å²) in [6.45, 7) is 6.48. The molecule has 4 rings (SSSR count). The van der Waals surface area contributed by atoms with Crippen LogP contribution in [0.3, 0.4) is 0 Å². The third-order valence-corrected chi connectivity index (χ3v) is 6.07. The number of urea groups is 1. The Morgan fingerprint density at radius 3 is 2.34 bits per heavy atom. The van der Waals surface area contributed by atoms with Crippen LogP contribution in [0, 0.1) is 6.92 Å². The van der Waals surface area contributed by atoms with Crippen LogP contribution in [0.2, 0.25) is 0 Å². The third kappa shape index (κ3) is 7.33. The fourth-order valence-electron chi connectivity index (χ4n) is 4.01. The molecule has 0 aliphatic carbocycles. The summed E-state index contributed by atoms with van der Waals surface area (Å²) in [7, 11) is 1.70. The van der Waals surface area contributed by atoms with Gasteiger partial charge >= 0.3 is 12.2 Å². The fraction of sp³-hybridized carbons (Fsp3) is 0.346. The van der Waals surface area contributed by atoms with Gasteiger partial charge in [-0.05, 0) is 48.9 Å². The summed E-state index contributed by atoms with van der Waals surface area (Å²) in [5.41, 5.74) is -0.242. The van der Waals surface area contributed by atoms with E-state index in [9.17, 15) is 18.0 Å². The largest absolute Gasteiger partial charge is 0.439 e. The number of halogens is 3. The summed E-state index contributed by atoms with van der Waals surface area (Å²) in [5, 5.41) is 5.01. The van der Waals surface area contributed by atoms with Crippen molar-refractivity contribution in [2.24, 2.45) is 0 Å². The molecule has 0 radical (unpaired) electrons. The van der Waals surface area contributed by atoms with Crippen LogP contribution in [0.1, 0.15) is 11.1 Å². The summed E-state index contributed by atoms with van der Waals surface area (Å²) >= 11 is 0. The molecule has 1 aromatic heterocycles. The van der Waals surface area contributed by atoms with Gasteiger partial charge < -0.3 is 25.0 Å². The minimum Gasteiger partial charge on any atom is -0.439 e. The summed E-state index contributed by atoms with van der Waals surface area (Å²) < 4.78 is 50.4. The molecule has 1 saturated heterocycles. The summed E-state index contributed by atoms with van der Waals surface area (Å²) in [6.07, 6.45) is -3.05. The van der Waals surface area contributed by atoms with Crippen molar-refractivity contribution in [1.29, 1.82) is 0 Å². The minimum absolute atomic E-state index is 0.0383. The van der Waals surface area contributed by atoms with Crippen LogP contribution in [0.25, 0.3) is 0 Å². The van der Waals surface area contributed by atoms with Crippen LogP contribution < -0.4 is 20.3 Å². The lowest BCUT2D eigenvalue weighted by Gasteiger charge is -2.35. The number of nitrogens with one attached hydrogen (secondary N) is 2. The molecular weight excluding hydrogens is 501 g/mol. The molecule has 0 bridgehead atoms. The quantitative estimate of drug-likeness (QED) is 0.423. The number of alkyl halides is 3. The van der Waals surface area contributed by atoms with Gasteiger partial charge in [-0.3, -0.25) is 4.90 Å². The standard InChI is InChI=1S/C26H29F3N6O3/c1-18-3-4-20(15-22(18)26(27,28)29)33-25(36)32-19-5-7-21(8-6-19)38-24-16-23(30-17-31-24)35-11-9-34(10-12-35)13-14-37-2/h3-8,15-17H,9-14H2,1-2H3,(H2,32,33,36). The van der Waals surface area contributed by atoms with E-state index in [1.807, 2.05) is 0 Å². The Bertz CT molecular complexity index is 1230. The van der Waals surface area contributed by atoms with Crippen LogP contribution in [-0.4, -0.2) is 67.3 Å². The van der Waals surface area contributed by atoms with Crippen molar-refractivity contribution in [1.82, 2.24) is 14.9 Å². The first-order valence-corrected chi connectivity index (χ1v) is 12.0. The van der Waals surface area contributed by atoms with Crippen molar-refractivity contribution in [3.05, 3.63) is 66.0 Å². The normalized spacial score (nSPS) is 14.3. The molecule has 0 atom stereocenters. The van der Waals surface area contributed by atoms with Gasteiger partial charge in [0.05, 0.1) is 12.2 Å². The zero-order valence-corrected chi connectivity index (χ0v) is 21.1. The highest BCUT2D eigenvalue weighted by Crippen LogP contribution is 2.33. The van der Waals surface area contributed by atoms with Crippen molar-refractivity contribution >= 4 is 23.2 Å². The van der Waals surface area contributed by atoms with Crippen molar-refractivity contribution in [2.45, 2.75) is 13.1 Å². The molecule has 3 aromatic rings. The Kier molecular flexibility index (Phi) is 8.64. The van der Waals surface area contributed by atoms with Gasteiger partial charge in [-0.25, -0.2) is 14.8 Å². The average molecular weight is 531 g/mol. The lowest BCUT2D eigenvalue weighted by Crippen LogP contribution is -2.47. The van der Waals surface area contributed by atoms with E-state index in [0.29, 0.717) is 23.9 Å². The van der Waals surface area contributed by atoms with E-state index >= 15 is 0 Å². The number of aromatic nitrogens is 2. The first kappa shape index (κ1) is 27.1. The number of carbonyl (C=O) groups excluding carboxylic acids is 1. The zero-order chi connectivity index (χ0) is 27.1. The molecule has 1 fully saturated rings. The van der Waals surface area contributed by atoms with Gasteiger partial charge in [0.2, 0.25) is 5.88 Å². The third-order valence-electron chi connectivity index (χ3n) is 6.07. The molecular formula is C26H29F3N6O3. The number of aryl methyl sites for hydroxylation is 1. The van der Waals surface area contributed by atoms with Crippen LogP contribution >= 0.6 is 0 Å². The van der Waals surface area contributed by atoms with Crippen molar-refractivity contribution in [2.75, 3.05) is 62.0 Å². The number of benzene rings is 2. The minimum atomic E-state index is -4.50. The lowest BCUT2D eigenvalue weighted by atomic mass is 10.1. The van der Waals surface area contributed by atoms with Crippen molar-refractivity contribution in [3.8, 4) is 11.6 Å². The van der Waals surface area contributed by atoms with E-state index < -0.39 is 17.8 Å². The molecule has 1 aliphatic rings. The van der Waals surface area contributed by atoms with Gasteiger partial charge in [0.25, 0.3) is 0 Å². The number of rotatable bonds is 8. The predicted octanol–water partition coefficient (Wildman–Crippen LogP) is 5.01. The molecule has 2 aromatic carbocycles. The van der Waals surface area contributed by atoms with E-state index in [2.05, 4.69) is 30.4 Å². The summed E-state index contributed by atoms with van der Waals surface area (Å²) in [6, 6.07) is 11.3. The Balaban J connectivity index is 1.31. The molecule has 0 spiro atoms. The molecule has 2 amide bonds. The first-order chi connectivity index (χ1) is 18.2. The topological polar surface area (TPSA) is 91.8 Å². The second kappa shape index (κ2) is 12.1. The number of methoxy groups -OCH3 is 1. The molecule has 0 saturated carbocycles. The van der Waals surface area contributed by atoms with Crippen LogP contribution in [0.4, 0.5) is 35.2 Å². The monoisotopic (exact) mass is 530 g/mol. The summed E-state index contributed by atoms with van der Waals surface area (Å²) in [5.74, 6) is 1.66.